The molecule has 5 nitrogen and oxygen atoms in total. The summed E-state index contributed by atoms with van der Waals surface area (Å²) in [5, 5.41) is 6.25. The molecule has 0 saturated heterocycles. The van der Waals surface area contributed by atoms with Crippen molar-refractivity contribution in [1.82, 2.24) is 0 Å². The molecule has 0 fully saturated rings. The number of carbonyl (C=O) groups excluding carboxylic acids is 1. The fourth-order valence-corrected chi connectivity index (χ4v) is 5.93. The van der Waals surface area contributed by atoms with E-state index in [1.54, 1.807) is 72.8 Å². The van der Waals surface area contributed by atoms with Crippen LogP contribution in [0.25, 0.3) is 0 Å². The zero-order valence-corrected chi connectivity index (χ0v) is 18.7. The van der Waals surface area contributed by atoms with E-state index < -0.39 is 13.4 Å². The average Bonchev–Trinajstić information content (AvgIpc) is 3.21. The van der Waals surface area contributed by atoms with Gasteiger partial charge >= 0.3 is 0 Å². The first-order valence-corrected chi connectivity index (χ1v) is 12.2. The standard InChI is InChI=1S/C23H18Cl2NO4P/c24-17-6-10-19(11-7-17)31(28,20-12-8-18(25)9-13-20)15-22-26-30-23(29-22)14-21(27)16-4-2-1-3-5-16/h1-13,23H,14-15H2. The number of oxime groups is 1. The Morgan fingerprint density at radius 1 is 0.871 bits per heavy atom. The van der Waals surface area contributed by atoms with E-state index in [0.29, 0.717) is 26.2 Å². The summed E-state index contributed by atoms with van der Waals surface area (Å²) in [6.45, 7) is 0. The topological polar surface area (TPSA) is 65.0 Å². The van der Waals surface area contributed by atoms with Crippen LogP contribution in [0, 0.1) is 0 Å². The van der Waals surface area contributed by atoms with Gasteiger partial charge in [0, 0.05) is 26.2 Å². The SMILES string of the molecule is O=C(CC1ON=C(CP(=O)(c2ccc(Cl)cc2)c2ccc(Cl)cc2)O1)c1ccccc1. The molecule has 3 aromatic rings. The van der Waals surface area contributed by atoms with Gasteiger partial charge in [-0.25, -0.2) is 0 Å². The number of rotatable bonds is 7. The van der Waals surface area contributed by atoms with Gasteiger partial charge < -0.3 is 14.1 Å². The Morgan fingerprint density at radius 2 is 1.42 bits per heavy atom. The third kappa shape index (κ3) is 5.01. The molecule has 1 unspecified atom stereocenters. The number of nitrogens with zero attached hydrogens (tertiary/aromatic N) is 1. The largest absolute Gasteiger partial charge is 0.435 e. The maximum atomic E-state index is 14.2. The van der Waals surface area contributed by atoms with Crippen molar-refractivity contribution < 1.29 is 18.9 Å². The molecule has 158 valence electrons. The van der Waals surface area contributed by atoms with Crippen LogP contribution >= 0.6 is 30.3 Å². The van der Waals surface area contributed by atoms with Crippen LogP contribution in [0.4, 0.5) is 0 Å². The first-order chi connectivity index (χ1) is 14.9. The Kier molecular flexibility index (Phi) is 6.47. The lowest BCUT2D eigenvalue weighted by atomic mass is 10.1. The van der Waals surface area contributed by atoms with Crippen LogP contribution in [-0.4, -0.2) is 24.1 Å². The Bertz CT molecular complexity index is 1100. The van der Waals surface area contributed by atoms with Crippen molar-refractivity contribution in [3.05, 3.63) is 94.5 Å². The maximum absolute atomic E-state index is 14.2. The van der Waals surface area contributed by atoms with E-state index in [4.69, 9.17) is 32.8 Å². The summed E-state index contributed by atoms with van der Waals surface area (Å²) in [5.41, 5.74) is 0.566. The predicted molar refractivity (Wildman–Crippen MR) is 123 cm³/mol. The highest BCUT2D eigenvalue weighted by molar-refractivity contribution is 7.79. The molecule has 0 radical (unpaired) electrons. The van der Waals surface area contributed by atoms with E-state index in [2.05, 4.69) is 5.16 Å². The molecular formula is C23H18Cl2NO4P. The third-order valence-electron chi connectivity index (χ3n) is 4.83. The molecular weight excluding hydrogens is 456 g/mol. The van der Waals surface area contributed by atoms with Crippen molar-refractivity contribution in [3.63, 3.8) is 0 Å². The average molecular weight is 474 g/mol. The Balaban J connectivity index is 1.53. The van der Waals surface area contributed by atoms with Gasteiger partial charge in [-0.15, -0.1) is 0 Å². The maximum Gasteiger partial charge on any atom is 0.274 e. The molecule has 8 heteroatoms. The Labute approximate surface area is 189 Å². The summed E-state index contributed by atoms with van der Waals surface area (Å²) in [6, 6.07) is 22.5. The summed E-state index contributed by atoms with van der Waals surface area (Å²) < 4.78 is 19.9. The van der Waals surface area contributed by atoms with Crippen molar-refractivity contribution in [3.8, 4) is 0 Å². The van der Waals surface area contributed by atoms with E-state index in [-0.39, 0.29) is 24.3 Å². The lowest BCUT2D eigenvalue weighted by molar-refractivity contribution is -0.0464. The third-order valence-corrected chi connectivity index (χ3v) is 8.32. The lowest BCUT2D eigenvalue weighted by Gasteiger charge is -2.19. The molecule has 4 rings (SSSR count). The molecule has 1 atom stereocenters. The van der Waals surface area contributed by atoms with Crippen LogP contribution in [0.3, 0.4) is 0 Å². The molecule has 0 aliphatic carbocycles. The smallest absolute Gasteiger partial charge is 0.274 e. The van der Waals surface area contributed by atoms with Crippen LogP contribution in [0.1, 0.15) is 16.8 Å². The fraction of sp³-hybridized carbons (Fsp3) is 0.130. The van der Waals surface area contributed by atoms with Gasteiger partial charge in [-0.1, -0.05) is 53.5 Å². The van der Waals surface area contributed by atoms with Crippen LogP contribution < -0.4 is 10.6 Å². The fourth-order valence-electron chi connectivity index (χ4n) is 3.24. The second-order valence-corrected chi connectivity index (χ2v) is 10.7. The van der Waals surface area contributed by atoms with Gasteiger partial charge in [-0.3, -0.25) is 4.79 Å². The van der Waals surface area contributed by atoms with Crippen molar-refractivity contribution >= 4 is 52.6 Å². The number of hydrogen-bond acceptors (Lipinski definition) is 5. The second-order valence-electron chi connectivity index (χ2n) is 6.98. The number of hydrogen-bond donors (Lipinski definition) is 0. The molecule has 1 aliphatic rings. The first-order valence-electron chi connectivity index (χ1n) is 9.53. The summed E-state index contributed by atoms with van der Waals surface area (Å²) in [7, 11) is -3.17. The van der Waals surface area contributed by atoms with Gasteiger partial charge in [-0.05, 0) is 53.7 Å². The molecule has 0 saturated carbocycles. The molecule has 31 heavy (non-hydrogen) atoms. The number of carbonyl (C=O) groups is 1. The molecule has 1 aliphatic heterocycles. The highest BCUT2D eigenvalue weighted by Crippen LogP contribution is 2.44. The lowest BCUT2D eigenvalue weighted by Crippen LogP contribution is -2.24. The van der Waals surface area contributed by atoms with Crippen LogP contribution in [0.2, 0.25) is 10.0 Å². The van der Waals surface area contributed by atoms with E-state index in [9.17, 15) is 9.36 Å². The minimum Gasteiger partial charge on any atom is -0.435 e. The highest BCUT2D eigenvalue weighted by Gasteiger charge is 2.34. The Hall–Kier alpha value is -2.59. The van der Waals surface area contributed by atoms with Crippen LogP contribution in [0.15, 0.2) is 84.0 Å². The minimum atomic E-state index is -3.17. The molecule has 0 amide bonds. The normalized spacial score (nSPS) is 15.7. The van der Waals surface area contributed by atoms with Gasteiger partial charge in [0.25, 0.3) is 6.29 Å². The van der Waals surface area contributed by atoms with E-state index in [1.807, 2.05) is 6.07 Å². The summed E-state index contributed by atoms with van der Waals surface area (Å²) >= 11 is 12.0. The number of halogens is 2. The van der Waals surface area contributed by atoms with Crippen molar-refractivity contribution in [2.45, 2.75) is 12.7 Å². The van der Waals surface area contributed by atoms with Crippen LogP contribution in [-0.2, 0) is 14.1 Å². The van der Waals surface area contributed by atoms with Crippen molar-refractivity contribution in [2.75, 3.05) is 6.16 Å². The first kappa shape index (κ1) is 21.6. The van der Waals surface area contributed by atoms with Crippen molar-refractivity contribution in [2.24, 2.45) is 5.16 Å². The van der Waals surface area contributed by atoms with Crippen molar-refractivity contribution in [1.29, 1.82) is 0 Å². The quantitative estimate of drug-likeness (QED) is 0.346. The predicted octanol–water partition coefficient (Wildman–Crippen LogP) is 5.27. The van der Waals surface area contributed by atoms with Gasteiger partial charge in [-0.2, -0.15) is 0 Å². The molecule has 0 spiro atoms. The summed E-state index contributed by atoms with van der Waals surface area (Å²) in [5.74, 6) is 0.0553. The minimum absolute atomic E-state index is 0.00318. The molecule has 0 bridgehead atoms. The molecule has 3 aromatic carbocycles. The number of Topliss-reactive ketones (excluding diaryl/α,β-unsaturated/α-hetero) is 1. The molecule has 0 N–H and O–H groups in total. The van der Waals surface area contributed by atoms with Crippen LogP contribution in [0.5, 0.6) is 0 Å². The highest BCUT2D eigenvalue weighted by atomic mass is 35.5. The van der Waals surface area contributed by atoms with Gasteiger partial charge in [0.1, 0.15) is 0 Å². The van der Waals surface area contributed by atoms with E-state index in [0.717, 1.165) is 0 Å². The second kappa shape index (κ2) is 9.27. The van der Waals surface area contributed by atoms with Gasteiger partial charge in [0.15, 0.2) is 12.9 Å². The number of ether oxygens (including phenoxy) is 1. The molecule has 1 heterocycles. The van der Waals surface area contributed by atoms with Gasteiger partial charge in [0.05, 0.1) is 12.6 Å². The summed E-state index contributed by atoms with van der Waals surface area (Å²) in [6.07, 6.45) is -0.846. The van der Waals surface area contributed by atoms with E-state index >= 15 is 0 Å². The number of ketones is 1. The monoisotopic (exact) mass is 473 g/mol. The summed E-state index contributed by atoms with van der Waals surface area (Å²) in [4.78, 5) is 17.7. The van der Waals surface area contributed by atoms with E-state index in [1.165, 1.54) is 0 Å². The van der Waals surface area contributed by atoms with Gasteiger partial charge in [0.2, 0.25) is 5.90 Å². The number of benzene rings is 3. The zero-order chi connectivity index (χ0) is 21.8. The zero-order valence-electron chi connectivity index (χ0n) is 16.3. The Morgan fingerprint density at radius 3 is 1.97 bits per heavy atom. The molecule has 0 aromatic heterocycles.